The minimum atomic E-state index is -3.48. The van der Waals surface area contributed by atoms with E-state index < -0.39 is 10.0 Å². The van der Waals surface area contributed by atoms with E-state index in [0.29, 0.717) is 22.2 Å². The Morgan fingerprint density at radius 2 is 1.73 bits per heavy atom. The second-order valence-electron chi connectivity index (χ2n) is 9.15. The van der Waals surface area contributed by atoms with Crippen molar-refractivity contribution < 1.29 is 13.2 Å². The summed E-state index contributed by atoms with van der Waals surface area (Å²) >= 11 is 0. The highest BCUT2D eigenvalue weighted by Gasteiger charge is 2.20. The zero-order chi connectivity index (χ0) is 24.3. The normalized spacial score (nSPS) is 12.3. The highest BCUT2D eigenvalue weighted by molar-refractivity contribution is 7.88. The summed E-state index contributed by atoms with van der Waals surface area (Å²) < 4.78 is 29.2. The SMILES string of the molecule is CC(C)NS(=O)(=O)Cc1ccccc1CNC(=O)c1cc(C(C)C)nc2c1cnn2C(C)C. The molecule has 33 heavy (non-hydrogen) atoms. The van der Waals surface area contributed by atoms with Gasteiger partial charge in [0, 0.05) is 24.3 Å². The van der Waals surface area contributed by atoms with Crippen LogP contribution < -0.4 is 10.0 Å². The fourth-order valence-corrected chi connectivity index (χ4v) is 5.14. The van der Waals surface area contributed by atoms with Crippen LogP contribution >= 0.6 is 0 Å². The van der Waals surface area contributed by atoms with Gasteiger partial charge >= 0.3 is 0 Å². The number of sulfonamides is 1. The molecule has 0 atom stereocenters. The molecule has 0 radical (unpaired) electrons. The monoisotopic (exact) mass is 471 g/mol. The van der Waals surface area contributed by atoms with Gasteiger partial charge < -0.3 is 5.32 Å². The predicted molar refractivity (Wildman–Crippen MR) is 131 cm³/mol. The number of nitrogens with zero attached hydrogens (tertiary/aromatic N) is 3. The van der Waals surface area contributed by atoms with Crippen LogP contribution in [0.15, 0.2) is 36.5 Å². The van der Waals surface area contributed by atoms with Gasteiger partial charge in [-0.05, 0) is 50.8 Å². The number of nitrogens with one attached hydrogen (secondary N) is 2. The van der Waals surface area contributed by atoms with Crippen LogP contribution in [-0.4, -0.2) is 35.1 Å². The molecule has 0 spiro atoms. The molecule has 2 aromatic heterocycles. The number of carbonyl (C=O) groups excluding carboxylic acids is 1. The molecule has 3 aromatic rings. The lowest BCUT2D eigenvalue weighted by Gasteiger charge is -2.14. The maximum atomic E-state index is 13.2. The molecule has 0 saturated heterocycles. The molecule has 0 aliphatic rings. The summed E-state index contributed by atoms with van der Waals surface area (Å²) in [5.74, 6) is -0.239. The van der Waals surface area contributed by atoms with Crippen LogP contribution in [-0.2, 0) is 22.3 Å². The summed E-state index contributed by atoms with van der Waals surface area (Å²) in [4.78, 5) is 18.0. The van der Waals surface area contributed by atoms with Crippen LogP contribution in [0.5, 0.6) is 0 Å². The van der Waals surface area contributed by atoms with E-state index >= 15 is 0 Å². The number of rotatable bonds is 9. The summed E-state index contributed by atoms with van der Waals surface area (Å²) in [6, 6.07) is 8.99. The first-order valence-electron chi connectivity index (χ1n) is 11.2. The molecule has 178 valence electrons. The van der Waals surface area contributed by atoms with Gasteiger partial charge in [-0.15, -0.1) is 0 Å². The lowest BCUT2D eigenvalue weighted by molar-refractivity contribution is 0.0952. The van der Waals surface area contributed by atoms with Gasteiger partial charge in [0.25, 0.3) is 5.91 Å². The Hall–Kier alpha value is -2.78. The van der Waals surface area contributed by atoms with Crippen LogP contribution in [0.2, 0.25) is 0 Å². The molecule has 1 amide bonds. The Morgan fingerprint density at radius 1 is 1.06 bits per heavy atom. The van der Waals surface area contributed by atoms with Crippen molar-refractivity contribution in [2.45, 2.75) is 71.8 Å². The third-order valence-corrected chi connectivity index (χ3v) is 6.75. The van der Waals surface area contributed by atoms with Crippen molar-refractivity contribution in [2.75, 3.05) is 0 Å². The average Bonchev–Trinajstić information content (AvgIpc) is 3.15. The van der Waals surface area contributed by atoms with Crippen LogP contribution in [0.25, 0.3) is 11.0 Å². The second-order valence-corrected chi connectivity index (χ2v) is 10.9. The Balaban J connectivity index is 1.88. The largest absolute Gasteiger partial charge is 0.348 e. The fourth-order valence-electron chi connectivity index (χ4n) is 3.65. The molecule has 0 saturated carbocycles. The Kier molecular flexibility index (Phi) is 7.54. The maximum absolute atomic E-state index is 13.2. The smallest absolute Gasteiger partial charge is 0.252 e. The number of aromatic nitrogens is 3. The Labute approximate surface area is 195 Å². The van der Waals surface area contributed by atoms with Gasteiger partial charge in [-0.25, -0.2) is 22.8 Å². The second kappa shape index (κ2) is 10.0. The number of pyridine rings is 1. The summed E-state index contributed by atoms with van der Waals surface area (Å²) in [6.45, 7) is 11.9. The number of benzene rings is 1. The molecule has 9 heteroatoms. The van der Waals surface area contributed by atoms with Gasteiger partial charge in [0.15, 0.2) is 5.65 Å². The summed E-state index contributed by atoms with van der Waals surface area (Å²) in [7, 11) is -3.48. The molecular weight excluding hydrogens is 438 g/mol. The third kappa shape index (κ3) is 5.97. The Bertz CT molecular complexity index is 1250. The third-order valence-electron chi connectivity index (χ3n) is 5.23. The van der Waals surface area contributed by atoms with E-state index in [9.17, 15) is 13.2 Å². The first-order valence-corrected chi connectivity index (χ1v) is 12.9. The number of hydrogen-bond donors (Lipinski definition) is 2. The van der Waals surface area contributed by atoms with Gasteiger partial charge in [0.2, 0.25) is 10.0 Å². The van der Waals surface area contributed by atoms with Crippen molar-refractivity contribution in [1.82, 2.24) is 24.8 Å². The van der Waals surface area contributed by atoms with E-state index in [1.54, 1.807) is 32.2 Å². The lowest BCUT2D eigenvalue weighted by atomic mass is 10.0. The molecule has 3 rings (SSSR count). The molecule has 8 nitrogen and oxygen atoms in total. The number of carbonyl (C=O) groups is 1. The van der Waals surface area contributed by atoms with E-state index in [2.05, 4.69) is 15.1 Å². The van der Waals surface area contributed by atoms with Gasteiger partial charge in [-0.1, -0.05) is 38.1 Å². The van der Waals surface area contributed by atoms with Crippen LogP contribution in [0.4, 0.5) is 0 Å². The van der Waals surface area contributed by atoms with Gasteiger partial charge in [0.05, 0.1) is 22.9 Å². The first kappa shape index (κ1) is 24.9. The number of amides is 1. The maximum Gasteiger partial charge on any atom is 0.252 e. The highest BCUT2D eigenvalue weighted by atomic mass is 32.2. The number of fused-ring (bicyclic) bond motifs is 1. The molecular formula is C24H33N5O3S. The lowest BCUT2D eigenvalue weighted by Crippen LogP contribution is -2.32. The average molecular weight is 472 g/mol. The van der Waals surface area contributed by atoms with Gasteiger partial charge in [-0.2, -0.15) is 5.10 Å². The van der Waals surface area contributed by atoms with E-state index in [0.717, 1.165) is 11.3 Å². The summed E-state index contributed by atoms with van der Waals surface area (Å²) in [5, 5.41) is 8.09. The molecule has 1 aromatic carbocycles. The van der Waals surface area contributed by atoms with Crippen molar-refractivity contribution in [1.29, 1.82) is 0 Å². The first-order chi connectivity index (χ1) is 15.5. The van der Waals surface area contributed by atoms with Crippen molar-refractivity contribution >= 4 is 27.0 Å². The minimum absolute atomic E-state index is 0.113. The minimum Gasteiger partial charge on any atom is -0.348 e. The van der Waals surface area contributed by atoms with E-state index in [-0.39, 0.29) is 36.2 Å². The highest BCUT2D eigenvalue weighted by Crippen LogP contribution is 2.24. The van der Waals surface area contributed by atoms with Crippen LogP contribution in [0.3, 0.4) is 0 Å². The molecule has 0 unspecified atom stereocenters. The van der Waals surface area contributed by atoms with E-state index in [4.69, 9.17) is 4.98 Å². The quantitative estimate of drug-likeness (QED) is 0.492. The number of hydrogen-bond acceptors (Lipinski definition) is 5. The molecule has 2 heterocycles. The van der Waals surface area contributed by atoms with E-state index in [1.165, 1.54) is 0 Å². The molecule has 0 aliphatic heterocycles. The van der Waals surface area contributed by atoms with Crippen molar-refractivity contribution in [2.24, 2.45) is 0 Å². The zero-order valence-electron chi connectivity index (χ0n) is 20.1. The van der Waals surface area contributed by atoms with Crippen LogP contribution in [0, 0.1) is 0 Å². The van der Waals surface area contributed by atoms with Gasteiger partial charge in [0.1, 0.15) is 0 Å². The molecule has 0 fully saturated rings. The van der Waals surface area contributed by atoms with Crippen LogP contribution in [0.1, 0.15) is 80.7 Å². The van der Waals surface area contributed by atoms with E-state index in [1.807, 2.05) is 50.6 Å². The zero-order valence-corrected chi connectivity index (χ0v) is 20.9. The van der Waals surface area contributed by atoms with Crippen molar-refractivity contribution in [3.63, 3.8) is 0 Å². The van der Waals surface area contributed by atoms with Crippen molar-refractivity contribution in [3.8, 4) is 0 Å². The summed E-state index contributed by atoms with van der Waals surface area (Å²) in [6.07, 6.45) is 1.68. The molecule has 0 bridgehead atoms. The topological polar surface area (TPSA) is 106 Å². The standard InChI is InChI=1S/C24H33N5O3S/c1-15(2)22-11-20(21-13-26-29(17(5)6)23(21)27-22)24(30)25-12-18-9-7-8-10-19(18)14-33(31,32)28-16(3)4/h7-11,13,15-17,28H,12,14H2,1-6H3,(H,25,30). The predicted octanol–water partition coefficient (Wildman–Crippen LogP) is 3.89. The molecule has 2 N–H and O–H groups in total. The van der Waals surface area contributed by atoms with Crippen molar-refractivity contribution in [3.05, 3.63) is 58.9 Å². The molecule has 0 aliphatic carbocycles. The fraction of sp³-hybridized carbons (Fsp3) is 0.458. The Morgan fingerprint density at radius 3 is 2.33 bits per heavy atom. The van der Waals surface area contributed by atoms with Gasteiger partial charge in [-0.3, -0.25) is 4.79 Å². The summed E-state index contributed by atoms with van der Waals surface area (Å²) in [5.41, 5.74) is 3.43.